The lowest BCUT2D eigenvalue weighted by molar-refractivity contribution is 0.0651. The molecule has 2 unspecified atom stereocenters. The lowest BCUT2D eigenvalue weighted by Gasteiger charge is -2.14. The number of rotatable bonds is 5. The quantitative estimate of drug-likeness (QED) is 0.820. The van der Waals surface area contributed by atoms with Crippen LogP contribution >= 0.6 is 11.6 Å². The summed E-state index contributed by atoms with van der Waals surface area (Å²) in [6.07, 6.45) is 1.29. The fourth-order valence-corrected chi connectivity index (χ4v) is 2.39. The summed E-state index contributed by atoms with van der Waals surface area (Å²) in [5, 5.41) is 0.727. The van der Waals surface area contributed by atoms with Crippen LogP contribution in [0.3, 0.4) is 0 Å². The van der Waals surface area contributed by atoms with Gasteiger partial charge in [-0.1, -0.05) is 11.6 Å². The Morgan fingerprint density at radius 3 is 2.72 bits per heavy atom. The molecular formula is C14H20ClNO2. The Balaban J connectivity index is 1.73. The summed E-state index contributed by atoms with van der Waals surface area (Å²) in [7, 11) is 4.19. The molecule has 0 saturated carbocycles. The molecule has 1 saturated heterocycles. The third-order valence-electron chi connectivity index (χ3n) is 3.04. The van der Waals surface area contributed by atoms with Crippen molar-refractivity contribution in [2.24, 2.45) is 5.92 Å². The largest absolute Gasteiger partial charge is 0.491 e. The zero-order chi connectivity index (χ0) is 13.0. The van der Waals surface area contributed by atoms with Gasteiger partial charge in [-0.25, -0.2) is 0 Å². The summed E-state index contributed by atoms with van der Waals surface area (Å²) in [4.78, 5) is 2.20. The van der Waals surface area contributed by atoms with Gasteiger partial charge in [-0.3, -0.25) is 0 Å². The highest BCUT2D eigenvalue weighted by Gasteiger charge is 2.26. The summed E-state index contributed by atoms with van der Waals surface area (Å²) >= 11 is 5.82. The summed E-state index contributed by atoms with van der Waals surface area (Å²) in [5.74, 6) is 1.47. The van der Waals surface area contributed by atoms with Crippen LogP contribution in [0.4, 0.5) is 0 Å². The number of ether oxygens (including phenoxy) is 2. The summed E-state index contributed by atoms with van der Waals surface area (Å²) in [6, 6.07) is 7.44. The van der Waals surface area contributed by atoms with Gasteiger partial charge in [0.1, 0.15) is 12.4 Å². The molecule has 0 N–H and O–H groups in total. The molecule has 2 atom stereocenters. The van der Waals surface area contributed by atoms with Crippen LogP contribution in [0.1, 0.15) is 6.42 Å². The van der Waals surface area contributed by atoms with Crippen molar-refractivity contribution in [2.45, 2.75) is 12.5 Å². The van der Waals surface area contributed by atoms with Crippen molar-refractivity contribution in [2.75, 3.05) is 33.9 Å². The molecule has 2 rings (SSSR count). The monoisotopic (exact) mass is 269 g/mol. The SMILES string of the molecule is CN(C)CC1COC(COc2ccc(Cl)cc2)C1. The number of hydrogen-bond donors (Lipinski definition) is 0. The molecule has 0 bridgehead atoms. The first kappa shape index (κ1) is 13.7. The van der Waals surface area contributed by atoms with Crippen molar-refractivity contribution in [3.63, 3.8) is 0 Å². The number of hydrogen-bond acceptors (Lipinski definition) is 3. The van der Waals surface area contributed by atoms with Gasteiger partial charge in [0, 0.05) is 11.6 Å². The maximum atomic E-state index is 5.82. The Kier molecular flexibility index (Phi) is 4.87. The molecule has 0 aliphatic carbocycles. The predicted octanol–water partition coefficient (Wildman–Crippen LogP) is 2.69. The van der Waals surface area contributed by atoms with Gasteiger partial charge < -0.3 is 14.4 Å². The molecule has 1 aliphatic rings. The summed E-state index contributed by atoms with van der Waals surface area (Å²) in [5.41, 5.74) is 0. The minimum atomic E-state index is 0.214. The van der Waals surface area contributed by atoms with Crippen LogP contribution in [0, 0.1) is 5.92 Å². The van der Waals surface area contributed by atoms with Crippen molar-refractivity contribution in [3.8, 4) is 5.75 Å². The molecule has 0 aromatic heterocycles. The smallest absolute Gasteiger partial charge is 0.119 e. The van der Waals surface area contributed by atoms with E-state index in [0.29, 0.717) is 12.5 Å². The Morgan fingerprint density at radius 2 is 2.06 bits per heavy atom. The second kappa shape index (κ2) is 6.41. The molecule has 1 heterocycles. The zero-order valence-electron chi connectivity index (χ0n) is 10.9. The molecule has 1 fully saturated rings. The lowest BCUT2D eigenvalue weighted by atomic mass is 10.1. The molecular weight excluding hydrogens is 250 g/mol. The van der Waals surface area contributed by atoms with E-state index in [1.54, 1.807) is 0 Å². The van der Waals surface area contributed by atoms with Crippen LogP contribution < -0.4 is 4.74 Å². The lowest BCUT2D eigenvalue weighted by Crippen LogP contribution is -2.22. The van der Waals surface area contributed by atoms with Crippen LogP contribution in [0.2, 0.25) is 5.02 Å². The highest BCUT2D eigenvalue weighted by Crippen LogP contribution is 2.22. The minimum Gasteiger partial charge on any atom is -0.491 e. The third-order valence-corrected chi connectivity index (χ3v) is 3.29. The highest BCUT2D eigenvalue weighted by atomic mass is 35.5. The first-order chi connectivity index (χ1) is 8.63. The van der Waals surface area contributed by atoms with Crippen molar-refractivity contribution in [1.29, 1.82) is 0 Å². The van der Waals surface area contributed by atoms with Crippen LogP contribution in [-0.4, -0.2) is 44.9 Å². The van der Waals surface area contributed by atoms with Crippen molar-refractivity contribution >= 4 is 11.6 Å². The molecule has 0 amide bonds. The van der Waals surface area contributed by atoms with Crippen LogP contribution in [0.5, 0.6) is 5.75 Å². The Morgan fingerprint density at radius 1 is 1.33 bits per heavy atom. The molecule has 0 radical (unpaired) electrons. The topological polar surface area (TPSA) is 21.7 Å². The number of benzene rings is 1. The number of halogens is 1. The van der Waals surface area contributed by atoms with E-state index in [0.717, 1.165) is 30.3 Å². The zero-order valence-corrected chi connectivity index (χ0v) is 11.7. The van der Waals surface area contributed by atoms with Gasteiger partial charge in [0.05, 0.1) is 12.7 Å². The first-order valence-corrected chi connectivity index (χ1v) is 6.66. The maximum Gasteiger partial charge on any atom is 0.119 e. The fourth-order valence-electron chi connectivity index (χ4n) is 2.26. The summed E-state index contributed by atoms with van der Waals surface area (Å²) in [6.45, 7) is 2.54. The molecule has 1 aliphatic heterocycles. The van der Waals surface area contributed by atoms with Gasteiger partial charge in [0.25, 0.3) is 0 Å². The van der Waals surface area contributed by atoms with Gasteiger partial charge in [0.15, 0.2) is 0 Å². The Hall–Kier alpha value is -0.770. The molecule has 100 valence electrons. The van der Waals surface area contributed by atoms with E-state index >= 15 is 0 Å². The minimum absolute atomic E-state index is 0.214. The van der Waals surface area contributed by atoms with E-state index in [1.807, 2.05) is 24.3 Å². The van der Waals surface area contributed by atoms with Gasteiger partial charge >= 0.3 is 0 Å². The molecule has 1 aromatic rings. The third kappa shape index (κ3) is 4.16. The van der Waals surface area contributed by atoms with Gasteiger partial charge in [-0.05, 0) is 50.7 Å². The van der Waals surface area contributed by atoms with Gasteiger partial charge in [0.2, 0.25) is 0 Å². The van der Waals surface area contributed by atoms with E-state index in [4.69, 9.17) is 21.1 Å². The Labute approximate surface area is 114 Å². The van der Waals surface area contributed by atoms with Crippen LogP contribution in [0.15, 0.2) is 24.3 Å². The van der Waals surface area contributed by atoms with E-state index in [9.17, 15) is 0 Å². The van der Waals surface area contributed by atoms with Crippen molar-refractivity contribution in [3.05, 3.63) is 29.3 Å². The molecule has 18 heavy (non-hydrogen) atoms. The molecule has 4 heteroatoms. The standard InChI is InChI=1S/C14H20ClNO2/c1-16(2)8-11-7-14(17-9-11)10-18-13-5-3-12(15)4-6-13/h3-6,11,14H,7-10H2,1-2H3. The van der Waals surface area contributed by atoms with Gasteiger partial charge in [-0.2, -0.15) is 0 Å². The number of nitrogens with zero attached hydrogens (tertiary/aromatic N) is 1. The van der Waals surface area contributed by atoms with Gasteiger partial charge in [-0.15, -0.1) is 0 Å². The van der Waals surface area contributed by atoms with E-state index < -0.39 is 0 Å². The second-order valence-electron chi connectivity index (χ2n) is 5.08. The van der Waals surface area contributed by atoms with E-state index in [2.05, 4.69) is 19.0 Å². The Bertz CT molecular complexity index is 367. The molecule has 0 spiro atoms. The maximum absolute atomic E-state index is 5.82. The van der Waals surface area contributed by atoms with Crippen LogP contribution in [-0.2, 0) is 4.74 Å². The normalized spacial score (nSPS) is 23.6. The van der Waals surface area contributed by atoms with Crippen molar-refractivity contribution < 1.29 is 9.47 Å². The first-order valence-electron chi connectivity index (χ1n) is 6.28. The average Bonchev–Trinajstić information content (AvgIpc) is 2.75. The highest BCUT2D eigenvalue weighted by molar-refractivity contribution is 6.30. The van der Waals surface area contributed by atoms with E-state index in [1.165, 1.54) is 0 Å². The molecule has 3 nitrogen and oxygen atoms in total. The second-order valence-corrected chi connectivity index (χ2v) is 5.52. The fraction of sp³-hybridized carbons (Fsp3) is 0.571. The summed E-state index contributed by atoms with van der Waals surface area (Å²) < 4.78 is 11.4. The van der Waals surface area contributed by atoms with Crippen molar-refractivity contribution in [1.82, 2.24) is 4.90 Å². The average molecular weight is 270 g/mol. The van der Waals surface area contributed by atoms with E-state index in [-0.39, 0.29) is 6.10 Å². The predicted molar refractivity (Wildman–Crippen MR) is 73.3 cm³/mol. The molecule has 1 aromatic carbocycles. The van der Waals surface area contributed by atoms with Crippen LogP contribution in [0.25, 0.3) is 0 Å².